The van der Waals surface area contributed by atoms with Crippen molar-refractivity contribution in [2.24, 2.45) is 4.99 Å². The van der Waals surface area contributed by atoms with Crippen LogP contribution in [0.25, 0.3) is 0 Å². The minimum absolute atomic E-state index is 0. The molecule has 0 unspecified atom stereocenters. The third-order valence-electron chi connectivity index (χ3n) is 3.69. The van der Waals surface area contributed by atoms with Crippen LogP contribution in [0.3, 0.4) is 0 Å². The molecule has 0 fully saturated rings. The van der Waals surface area contributed by atoms with Gasteiger partial charge in [-0.25, -0.2) is 9.37 Å². The maximum Gasteiger partial charge on any atom is 0.419 e. The van der Waals surface area contributed by atoms with Gasteiger partial charge >= 0.3 is 6.18 Å². The highest BCUT2D eigenvalue weighted by molar-refractivity contribution is 14.0. The molecule has 5 nitrogen and oxygen atoms in total. The molecular weight excluding hydrogens is 489 g/mol. The average Bonchev–Trinajstić information content (AvgIpc) is 2.64. The largest absolute Gasteiger partial charge is 0.419 e. The van der Waals surface area contributed by atoms with Crippen molar-refractivity contribution in [3.05, 3.63) is 59.5 Å². The van der Waals surface area contributed by atoms with E-state index in [0.717, 1.165) is 6.07 Å². The number of rotatable bonds is 7. The molecule has 1 heterocycles. The number of guanidine groups is 1. The van der Waals surface area contributed by atoms with Gasteiger partial charge < -0.3 is 16.0 Å². The van der Waals surface area contributed by atoms with E-state index in [1.165, 1.54) is 18.3 Å². The van der Waals surface area contributed by atoms with Crippen molar-refractivity contribution in [1.29, 1.82) is 0 Å². The Kier molecular flexibility index (Phi) is 9.97. The maximum atomic E-state index is 13.6. The molecule has 154 valence electrons. The minimum Gasteiger partial charge on any atom is -0.368 e. The second kappa shape index (κ2) is 11.7. The predicted octanol–water partition coefficient (Wildman–Crippen LogP) is 3.68. The number of halogens is 5. The number of aliphatic imine (C=N–C) groups is 1. The van der Waals surface area contributed by atoms with E-state index in [2.05, 4.69) is 25.9 Å². The Labute approximate surface area is 178 Å². The average molecular weight is 511 g/mol. The Hall–Kier alpha value is -2.11. The number of alkyl halides is 3. The maximum absolute atomic E-state index is 13.6. The van der Waals surface area contributed by atoms with Crippen molar-refractivity contribution in [2.75, 3.05) is 32.0 Å². The molecule has 0 saturated heterocycles. The number of nitrogens with one attached hydrogen (secondary N) is 3. The highest BCUT2D eigenvalue weighted by Gasteiger charge is 2.33. The molecule has 10 heteroatoms. The van der Waals surface area contributed by atoms with E-state index < -0.39 is 11.7 Å². The quantitative estimate of drug-likeness (QED) is 0.175. The zero-order valence-electron chi connectivity index (χ0n) is 15.2. The highest BCUT2D eigenvalue weighted by Crippen LogP contribution is 2.33. The number of nitrogens with zero attached hydrogens (tertiary/aromatic N) is 2. The molecule has 0 amide bonds. The van der Waals surface area contributed by atoms with Crippen molar-refractivity contribution in [1.82, 2.24) is 15.6 Å². The molecule has 1 aromatic carbocycles. The topological polar surface area (TPSA) is 61.3 Å². The van der Waals surface area contributed by atoms with Crippen LogP contribution in [-0.4, -0.2) is 37.6 Å². The number of hydrogen-bond acceptors (Lipinski definition) is 3. The molecular formula is C18H22F4IN5. The molecule has 2 rings (SSSR count). The summed E-state index contributed by atoms with van der Waals surface area (Å²) in [6.07, 6.45) is -2.68. The number of pyridine rings is 1. The number of hydrogen-bond donors (Lipinski definition) is 3. The Morgan fingerprint density at radius 1 is 1.04 bits per heavy atom. The lowest BCUT2D eigenvalue weighted by Gasteiger charge is -2.15. The zero-order valence-corrected chi connectivity index (χ0v) is 17.5. The molecule has 0 saturated carbocycles. The Bertz CT molecular complexity index is 768. The van der Waals surface area contributed by atoms with Gasteiger partial charge in [-0.1, -0.05) is 18.2 Å². The van der Waals surface area contributed by atoms with Gasteiger partial charge in [-0.2, -0.15) is 13.2 Å². The summed E-state index contributed by atoms with van der Waals surface area (Å²) < 4.78 is 52.2. The summed E-state index contributed by atoms with van der Waals surface area (Å²) in [5.41, 5.74) is -0.214. The summed E-state index contributed by atoms with van der Waals surface area (Å²) >= 11 is 0. The van der Waals surface area contributed by atoms with Gasteiger partial charge in [0.05, 0.1) is 5.56 Å². The van der Waals surface area contributed by atoms with Crippen molar-refractivity contribution >= 4 is 35.8 Å². The van der Waals surface area contributed by atoms with Crippen LogP contribution in [-0.2, 0) is 12.6 Å². The molecule has 0 aliphatic carbocycles. The predicted molar refractivity (Wildman–Crippen MR) is 113 cm³/mol. The van der Waals surface area contributed by atoms with Gasteiger partial charge in [0.1, 0.15) is 11.6 Å². The first-order valence-electron chi connectivity index (χ1n) is 8.36. The summed E-state index contributed by atoms with van der Waals surface area (Å²) in [5.74, 6) is 0.00165. The Balaban J connectivity index is 0.00000392. The number of anilines is 1. The second-order valence-corrected chi connectivity index (χ2v) is 5.59. The van der Waals surface area contributed by atoms with Crippen LogP contribution in [0.4, 0.5) is 23.4 Å². The molecule has 0 atom stereocenters. The standard InChI is InChI=1S/C18H21F4N5.HI/c1-23-17(26-10-8-13-5-2-3-7-15(13)19)27-12-11-25-16-14(18(20,21)22)6-4-9-24-16;/h2-7,9H,8,10-12H2,1H3,(H,24,25)(H2,23,26,27);1H. The third-order valence-corrected chi connectivity index (χ3v) is 3.69. The van der Waals surface area contributed by atoms with Crippen molar-refractivity contribution in [3.8, 4) is 0 Å². The fourth-order valence-corrected chi connectivity index (χ4v) is 2.37. The molecule has 3 N–H and O–H groups in total. The normalized spacial score (nSPS) is 11.5. The second-order valence-electron chi connectivity index (χ2n) is 5.59. The number of aromatic nitrogens is 1. The first-order chi connectivity index (χ1) is 12.9. The first-order valence-corrected chi connectivity index (χ1v) is 8.36. The van der Waals surface area contributed by atoms with Gasteiger partial charge in [-0.3, -0.25) is 4.99 Å². The molecule has 0 aliphatic rings. The van der Waals surface area contributed by atoms with Crippen LogP contribution in [0.1, 0.15) is 11.1 Å². The van der Waals surface area contributed by atoms with Crippen LogP contribution in [0, 0.1) is 5.82 Å². The van der Waals surface area contributed by atoms with Crippen molar-refractivity contribution < 1.29 is 17.6 Å². The molecule has 28 heavy (non-hydrogen) atoms. The van der Waals surface area contributed by atoms with E-state index in [4.69, 9.17) is 0 Å². The summed E-state index contributed by atoms with van der Waals surface area (Å²) in [5, 5.41) is 8.66. The fourth-order valence-electron chi connectivity index (χ4n) is 2.37. The lowest BCUT2D eigenvalue weighted by atomic mass is 10.1. The SMILES string of the molecule is CN=C(NCCNc1ncccc1C(F)(F)F)NCCc1ccccc1F.I. The lowest BCUT2D eigenvalue weighted by Crippen LogP contribution is -2.40. The van der Waals surface area contributed by atoms with Gasteiger partial charge in [0.25, 0.3) is 0 Å². The van der Waals surface area contributed by atoms with Gasteiger partial charge in [0, 0.05) is 32.9 Å². The van der Waals surface area contributed by atoms with E-state index >= 15 is 0 Å². The zero-order chi connectivity index (χ0) is 19.7. The van der Waals surface area contributed by atoms with E-state index in [9.17, 15) is 17.6 Å². The van der Waals surface area contributed by atoms with Crippen molar-refractivity contribution in [3.63, 3.8) is 0 Å². The van der Waals surface area contributed by atoms with E-state index in [1.54, 1.807) is 25.2 Å². The summed E-state index contributed by atoms with van der Waals surface area (Å²) in [4.78, 5) is 7.75. The third kappa shape index (κ3) is 7.49. The molecule has 0 bridgehead atoms. The summed E-state index contributed by atoms with van der Waals surface area (Å²) in [6, 6.07) is 8.73. The Morgan fingerprint density at radius 2 is 1.75 bits per heavy atom. The van der Waals surface area contributed by atoms with E-state index in [1.807, 2.05) is 0 Å². The molecule has 0 aliphatic heterocycles. The summed E-state index contributed by atoms with van der Waals surface area (Å²) in [6.45, 7) is 1.01. The first kappa shape index (κ1) is 23.9. The van der Waals surface area contributed by atoms with Gasteiger partial charge in [0.15, 0.2) is 5.96 Å². The highest BCUT2D eigenvalue weighted by atomic mass is 127. The van der Waals surface area contributed by atoms with Crippen molar-refractivity contribution in [2.45, 2.75) is 12.6 Å². The van der Waals surface area contributed by atoms with Crippen LogP contribution < -0.4 is 16.0 Å². The minimum atomic E-state index is -4.46. The van der Waals surface area contributed by atoms with Crippen LogP contribution in [0.2, 0.25) is 0 Å². The fraction of sp³-hybridized carbons (Fsp3) is 0.333. The van der Waals surface area contributed by atoms with Gasteiger partial charge in [0.2, 0.25) is 0 Å². The Morgan fingerprint density at radius 3 is 2.43 bits per heavy atom. The number of benzene rings is 1. The molecule has 0 spiro atoms. The van der Waals surface area contributed by atoms with Crippen LogP contribution in [0.15, 0.2) is 47.6 Å². The van der Waals surface area contributed by atoms with Gasteiger partial charge in [-0.05, 0) is 30.2 Å². The van der Waals surface area contributed by atoms with E-state index in [-0.39, 0.29) is 42.2 Å². The van der Waals surface area contributed by atoms with Crippen LogP contribution in [0.5, 0.6) is 0 Å². The monoisotopic (exact) mass is 511 g/mol. The lowest BCUT2D eigenvalue weighted by molar-refractivity contribution is -0.137. The van der Waals surface area contributed by atoms with Crippen LogP contribution >= 0.6 is 24.0 Å². The smallest absolute Gasteiger partial charge is 0.368 e. The van der Waals surface area contributed by atoms with E-state index in [0.29, 0.717) is 31.0 Å². The molecule has 2 aromatic rings. The molecule has 0 radical (unpaired) electrons. The summed E-state index contributed by atoms with van der Waals surface area (Å²) in [7, 11) is 1.58. The molecule has 1 aromatic heterocycles. The van der Waals surface area contributed by atoms with Gasteiger partial charge in [-0.15, -0.1) is 24.0 Å².